The number of esters is 1. The first kappa shape index (κ1) is 54.1. The Bertz CT molecular complexity index is 1200. The topological polar surface area (TPSA) is 178 Å². The van der Waals surface area contributed by atoms with E-state index in [2.05, 4.69) is 66.6 Å². The lowest BCUT2D eigenvalue weighted by Gasteiger charge is -2.41. The minimum atomic E-state index is -5.05. The van der Waals surface area contributed by atoms with Gasteiger partial charge >= 0.3 is 16.4 Å². The van der Waals surface area contributed by atoms with Crippen LogP contribution in [0.2, 0.25) is 0 Å². The first-order valence-corrected chi connectivity index (χ1v) is 23.8. The van der Waals surface area contributed by atoms with E-state index in [4.69, 9.17) is 23.5 Å². The summed E-state index contributed by atoms with van der Waals surface area (Å²) in [6.45, 7) is 3.76. The van der Waals surface area contributed by atoms with Gasteiger partial charge in [0.15, 0.2) is 6.29 Å². The van der Waals surface area contributed by atoms with E-state index in [1.165, 1.54) is 70.6 Å². The molecule has 1 heterocycles. The predicted molar refractivity (Wildman–Crippen MR) is 230 cm³/mol. The molecule has 1 rings (SSSR count). The van der Waals surface area contributed by atoms with E-state index in [0.717, 1.165) is 70.6 Å². The van der Waals surface area contributed by atoms with Gasteiger partial charge in [0, 0.05) is 13.0 Å². The smallest absolute Gasteiger partial charge is 0.397 e. The van der Waals surface area contributed by atoms with E-state index in [0.29, 0.717) is 13.0 Å². The number of ether oxygens (including phenoxy) is 4. The Morgan fingerprint density at radius 1 is 0.672 bits per heavy atom. The maximum atomic E-state index is 12.6. The summed E-state index contributed by atoms with van der Waals surface area (Å²) in [7, 11) is -5.05. The molecule has 6 unspecified atom stereocenters. The van der Waals surface area contributed by atoms with Crippen LogP contribution >= 0.6 is 0 Å². The molecule has 58 heavy (non-hydrogen) atoms. The molecule has 0 saturated carbocycles. The van der Waals surface area contributed by atoms with E-state index in [-0.39, 0.29) is 19.6 Å². The molecule has 1 saturated heterocycles. The molecule has 4 N–H and O–H groups in total. The minimum absolute atomic E-state index is 0.0344. The highest BCUT2D eigenvalue weighted by molar-refractivity contribution is 7.80. The van der Waals surface area contributed by atoms with Gasteiger partial charge in [-0.15, -0.1) is 0 Å². The molecule has 1 fully saturated rings. The number of hydrogen-bond acceptors (Lipinski definition) is 11. The van der Waals surface area contributed by atoms with Crippen molar-refractivity contribution in [3.05, 3.63) is 48.6 Å². The van der Waals surface area contributed by atoms with Crippen LogP contribution in [-0.2, 0) is 38.3 Å². The summed E-state index contributed by atoms with van der Waals surface area (Å²) >= 11 is 0. The van der Waals surface area contributed by atoms with E-state index in [1.807, 2.05) is 0 Å². The maximum absolute atomic E-state index is 12.6. The number of carbonyl (C=O) groups is 1. The third kappa shape index (κ3) is 30.1. The Morgan fingerprint density at radius 3 is 1.74 bits per heavy atom. The summed E-state index contributed by atoms with van der Waals surface area (Å²) in [6, 6.07) is 0. The van der Waals surface area contributed by atoms with E-state index in [9.17, 15) is 28.5 Å². The van der Waals surface area contributed by atoms with Crippen LogP contribution in [0, 0.1) is 0 Å². The van der Waals surface area contributed by atoms with Gasteiger partial charge in [0.1, 0.15) is 30.5 Å². The van der Waals surface area contributed by atoms with E-state index in [1.54, 1.807) is 0 Å². The lowest BCUT2D eigenvalue weighted by molar-refractivity contribution is -0.301. The number of unbranched alkanes of at least 4 members (excludes halogenated alkanes) is 17. The number of aliphatic hydroxyl groups is 3. The summed E-state index contributed by atoms with van der Waals surface area (Å²) in [5.74, 6) is -0.413. The van der Waals surface area contributed by atoms with Crippen molar-refractivity contribution in [3.8, 4) is 0 Å². The zero-order chi connectivity index (χ0) is 42.5. The molecular weight excluding hydrogens is 765 g/mol. The summed E-state index contributed by atoms with van der Waals surface area (Å²) in [6.07, 6.45) is 35.0. The van der Waals surface area contributed by atoms with Crippen molar-refractivity contribution in [2.24, 2.45) is 0 Å². The SMILES string of the molecule is CC/C=C\C/C=C\C/C=C\C/C=C\CCCCCCCCCCCCCCCOCC(COC1OC(CO)C(O)C(OS(=O)(=O)O)C1O)OC(=O)CCCCCCC. The van der Waals surface area contributed by atoms with Crippen LogP contribution < -0.4 is 0 Å². The van der Waals surface area contributed by atoms with Crippen LogP contribution in [0.4, 0.5) is 0 Å². The van der Waals surface area contributed by atoms with Crippen LogP contribution in [0.25, 0.3) is 0 Å². The number of aliphatic hydroxyl groups excluding tert-OH is 3. The Labute approximate surface area is 351 Å². The Balaban J connectivity index is 2.21. The fourth-order valence-electron chi connectivity index (χ4n) is 6.60. The van der Waals surface area contributed by atoms with E-state index < -0.39 is 59.8 Å². The van der Waals surface area contributed by atoms with Crippen LogP contribution in [0.15, 0.2) is 48.6 Å². The number of hydrogen-bond donors (Lipinski definition) is 4. The second-order valence-electron chi connectivity index (χ2n) is 15.3. The third-order valence-electron chi connectivity index (χ3n) is 9.97. The summed E-state index contributed by atoms with van der Waals surface area (Å²) in [5.41, 5.74) is 0. The molecular formula is C45H80O12S. The normalized spacial score (nSPS) is 21.0. The molecule has 0 aliphatic carbocycles. The lowest BCUT2D eigenvalue weighted by atomic mass is 9.99. The van der Waals surface area contributed by atoms with Crippen LogP contribution in [0.5, 0.6) is 0 Å². The molecule has 1 aliphatic heterocycles. The standard InChI is InChI=1S/C45H80O12S/c1-3-5-7-9-10-11-12-13-14-15-16-17-18-19-20-21-22-23-24-25-26-27-28-29-31-33-35-53-37-39(55-41(47)34-32-30-8-6-4-2)38-54-45-43(49)44(57-58(50,51)52)42(48)40(36-46)56-45/h5,7,10-11,13-14,16-17,39-40,42-46,48-49H,3-4,6,8-9,12,15,18-38H2,1-2H3,(H,50,51,52)/b7-5-,11-10-,14-13-,17-16-. The average molecular weight is 845 g/mol. The van der Waals surface area contributed by atoms with Crippen molar-refractivity contribution in [2.45, 2.75) is 205 Å². The number of allylic oxidation sites excluding steroid dienone is 8. The largest absolute Gasteiger partial charge is 0.457 e. The molecule has 338 valence electrons. The molecule has 0 aromatic carbocycles. The van der Waals surface area contributed by atoms with Gasteiger partial charge in [-0.05, 0) is 51.4 Å². The quantitative estimate of drug-likeness (QED) is 0.0201. The highest BCUT2D eigenvalue weighted by atomic mass is 32.3. The van der Waals surface area contributed by atoms with Crippen molar-refractivity contribution in [1.82, 2.24) is 0 Å². The van der Waals surface area contributed by atoms with Crippen LogP contribution in [0.1, 0.15) is 168 Å². The number of carbonyl (C=O) groups excluding carboxylic acids is 1. The van der Waals surface area contributed by atoms with Crippen molar-refractivity contribution >= 4 is 16.4 Å². The van der Waals surface area contributed by atoms with Crippen molar-refractivity contribution in [3.63, 3.8) is 0 Å². The van der Waals surface area contributed by atoms with Crippen molar-refractivity contribution < 1.29 is 56.2 Å². The van der Waals surface area contributed by atoms with Gasteiger partial charge in [0.2, 0.25) is 0 Å². The van der Waals surface area contributed by atoms with Gasteiger partial charge in [-0.1, -0.05) is 159 Å². The van der Waals surface area contributed by atoms with Gasteiger partial charge in [-0.3, -0.25) is 9.35 Å². The first-order chi connectivity index (χ1) is 28.1. The average Bonchev–Trinajstić information content (AvgIpc) is 3.19. The van der Waals surface area contributed by atoms with Crippen molar-refractivity contribution in [2.75, 3.05) is 26.4 Å². The molecule has 13 heteroatoms. The second kappa shape index (κ2) is 36.9. The molecule has 0 aromatic rings. The zero-order valence-corrected chi connectivity index (χ0v) is 36.7. The van der Waals surface area contributed by atoms with Gasteiger partial charge < -0.3 is 34.3 Å². The molecule has 6 atom stereocenters. The van der Waals surface area contributed by atoms with Crippen molar-refractivity contribution in [1.29, 1.82) is 0 Å². The Kier molecular flexibility index (Phi) is 34.4. The molecule has 0 aromatic heterocycles. The lowest BCUT2D eigenvalue weighted by Crippen LogP contribution is -2.60. The molecule has 0 radical (unpaired) electrons. The van der Waals surface area contributed by atoms with Gasteiger partial charge in [0.25, 0.3) is 0 Å². The van der Waals surface area contributed by atoms with Gasteiger partial charge in [-0.2, -0.15) is 8.42 Å². The monoisotopic (exact) mass is 845 g/mol. The highest BCUT2D eigenvalue weighted by Crippen LogP contribution is 2.26. The number of rotatable bonds is 38. The summed E-state index contributed by atoms with van der Waals surface area (Å²) < 4.78 is 58.7. The summed E-state index contributed by atoms with van der Waals surface area (Å²) in [4.78, 5) is 12.6. The third-order valence-corrected chi connectivity index (χ3v) is 10.4. The Morgan fingerprint density at radius 2 is 1.19 bits per heavy atom. The van der Waals surface area contributed by atoms with Gasteiger partial charge in [0.05, 0.1) is 19.8 Å². The van der Waals surface area contributed by atoms with Gasteiger partial charge in [-0.25, -0.2) is 4.18 Å². The molecule has 0 bridgehead atoms. The second-order valence-corrected chi connectivity index (χ2v) is 16.3. The molecule has 0 spiro atoms. The minimum Gasteiger partial charge on any atom is -0.457 e. The predicted octanol–water partition coefficient (Wildman–Crippen LogP) is 9.19. The van der Waals surface area contributed by atoms with Crippen LogP contribution in [0.3, 0.4) is 0 Å². The fourth-order valence-corrected chi connectivity index (χ4v) is 7.11. The van der Waals surface area contributed by atoms with E-state index >= 15 is 0 Å². The first-order valence-electron chi connectivity index (χ1n) is 22.4. The maximum Gasteiger partial charge on any atom is 0.397 e. The molecule has 1 aliphatic rings. The molecule has 0 amide bonds. The Hall–Kier alpha value is -1.94. The summed E-state index contributed by atoms with van der Waals surface area (Å²) in [5, 5.41) is 30.5. The zero-order valence-electron chi connectivity index (χ0n) is 35.8. The van der Waals surface area contributed by atoms with Crippen LogP contribution in [-0.4, -0.2) is 97.5 Å². The highest BCUT2D eigenvalue weighted by Gasteiger charge is 2.48. The fraction of sp³-hybridized carbons (Fsp3) is 0.800. The molecule has 12 nitrogen and oxygen atoms in total.